The lowest BCUT2D eigenvalue weighted by Gasteiger charge is -2.13. The molecule has 0 saturated heterocycles. The zero-order chi connectivity index (χ0) is 13.0. The molecular weight excluding hydrogens is 251 g/mol. The Morgan fingerprint density at radius 2 is 2.17 bits per heavy atom. The predicted octanol–water partition coefficient (Wildman–Crippen LogP) is 3.72. The molecule has 0 radical (unpaired) electrons. The number of nitrogens with zero attached hydrogens (tertiary/aromatic N) is 1. The number of halogens is 2. The lowest BCUT2D eigenvalue weighted by atomic mass is 10.1. The molecule has 1 atom stereocenters. The van der Waals surface area contributed by atoms with Crippen LogP contribution in [0.2, 0.25) is 5.02 Å². The van der Waals surface area contributed by atoms with Gasteiger partial charge in [0, 0.05) is 18.8 Å². The van der Waals surface area contributed by atoms with Crippen molar-refractivity contribution in [3.05, 3.63) is 64.7 Å². The van der Waals surface area contributed by atoms with Gasteiger partial charge >= 0.3 is 0 Å². The second-order valence-corrected chi connectivity index (χ2v) is 4.51. The number of hydrogen-bond donors (Lipinski definition) is 1. The summed E-state index contributed by atoms with van der Waals surface area (Å²) in [5.74, 6) is -0.388. The van der Waals surface area contributed by atoms with Crippen LogP contribution < -0.4 is 5.32 Å². The van der Waals surface area contributed by atoms with Gasteiger partial charge in [-0.25, -0.2) is 4.39 Å². The largest absolute Gasteiger partial charge is 0.305 e. The fourth-order valence-corrected chi connectivity index (χ4v) is 1.77. The third-order valence-corrected chi connectivity index (χ3v) is 3.03. The Balaban J connectivity index is 1.97. The van der Waals surface area contributed by atoms with Crippen LogP contribution in [0.25, 0.3) is 0 Å². The van der Waals surface area contributed by atoms with Crippen LogP contribution in [0.5, 0.6) is 0 Å². The summed E-state index contributed by atoms with van der Waals surface area (Å²) in [5, 5.41) is 3.44. The van der Waals surface area contributed by atoms with Gasteiger partial charge in [0.15, 0.2) is 0 Å². The molecule has 0 spiro atoms. The van der Waals surface area contributed by atoms with E-state index in [9.17, 15) is 4.39 Å². The van der Waals surface area contributed by atoms with Crippen molar-refractivity contribution in [2.75, 3.05) is 0 Å². The molecule has 4 heteroatoms. The van der Waals surface area contributed by atoms with Crippen LogP contribution in [0.3, 0.4) is 0 Å². The number of hydrogen-bond acceptors (Lipinski definition) is 2. The van der Waals surface area contributed by atoms with E-state index in [1.807, 2.05) is 31.2 Å². The highest BCUT2D eigenvalue weighted by Gasteiger charge is 2.06. The molecular formula is C14H14ClFN2. The van der Waals surface area contributed by atoms with Crippen LogP contribution in [0, 0.1) is 5.82 Å². The summed E-state index contributed by atoms with van der Waals surface area (Å²) in [6, 6.07) is 10.7. The van der Waals surface area contributed by atoms with Crippen LogP contribution in [-0.2, 0) is 6.54 Å². The highest BCUT2D eigenvalue weighted by atomic mass is 35.5. The van der Waals surface area contributed by atoms with E-state index < -0.39 is 0 Å². The van der Waals surface area contributed by atoms with Crippen molar-refractivity contribution in [3.8, 4) is 0 Å². The summed E-state index contributed by atoms with van der Waals surface area (Å²) in [6.07, 6.45) is 1.76. The number of nitrogens with one attached hydrogen (secondary N) is 1. The van der Waals surface area contributed by atoms with Gasteiger partial charge in [0.25, 0.3) is 0 Å². The first-order valence-corrected chi connectivity index (χ1v) is 6.13. The first-order chi connectivity index (χ1) is 8.66. The number of rotatable bonds is 4. The molecule has 2 rings (SSSR count). The molecule has 2 aromatic rings. The highest BCUT2D eigenvalue weighted by Crippen LogP contribution is 2.16. The van der Waals surface area contributed by atoms with Crippen molar-refractivity contribution < 1.29 is 4.39 Å². The van der Waals surface area contributed by atoms with Gasteiger partial charge in [0.1, 0.15) is 5.82 Å². The summed E-state index contributed by atoms with van der Waals surface area (Å²) in [6.45, 7) is 2.60. The SMILES string of the molecule is C[C@@H](NCc1ccc(Cl)c(F)c1)c1ccccn1. The van der Waals surface area contributed by atoms with Gasteiger partial charge < -0.3 is 5.32 Å². The van der Waals surface area contributed by atoms with Crippen LogP contribution in [0.15, 0.2) is 42.6 Å². The van der Waals surface area contributed by atoms with E-state index >= 15 is 0 Å². The molecule has 0 amide bonds. The van der Waals surface area contributed by atoms with Crippen LogP contribution >= 0.6 is 11.6 Å². The standard InChI is InChI=1S/C14H14ClFN2/c1-10(14-4-2-3-7-17-14)18-9-11-5-6-12(15)13(16)8-11/h2-8,10,18H,9H2,1H3/t10-/m1/s1. The van der Waals surface area contributed by atoms with E-state index in [0.29, 0.717) is 6.54 Å². The second kappa shape index (κ2) is 5.94. The zero-order valence-electron chi connectivity index (χ0n) is 10.0. The monoisotopic (exact) mass is 264 g/mol. The number of pyridine rings is 1. The predicted molar refractivity (Wildman–Crippen MR) is 70.9 cm³/mol. The van der Waals surface area contributed by atoms with Crippen LogP contribution in [-0.4, -0.2) is 4.98 Å². The first-order valence-electron chi connectivity index (χ1n) is 5.75. The van der Waals surface area contributed by atoms with Crippen LogP contribution in [0.4, 0.5) is 4.39 Å². The van der Waals surface area contributed by atoms with Gasteiger partial charge in [-0.15, -0.1) is 0 Å². The Bertz CT molecular complexity index is 516. The molecule has 1 N–H and O–H groups in total. The quantitative estimate of drug-likeness (QED) is 0.910. The van der Waals surface area contributed by atoms with E-state index in [0.717, 1.165) is 11.3 Å². The molecule has 0 aliphatic heterocycles. The van der Waals surface area contributed by atoms with Gasteiger partial charge in [0.2, 0.25) is 0 Å². The third-order valence-electron chi connectivity index (χ3n) is 2.73. The summed E-state index contributed by atoms with van der Waals surface area (Å²) in [7, 11) is 0. The van der Waals surface area contributed by atoms with E-state index in [4.69, 9.17) is 11.6 Å². The maximum absolute atomic E-state index is 13.3. The van der Waals surface area contributed by atoms with Crippen molar-refractivity contribution >= 4 is 11.6 Å². The lowest BCUT2D eigenvalue weighted by molar-refractivity contribution is 0.557. The molecule has 0 bridgehead atoms. The smallest absolute Gasteiger partial charge is 0.142 e. The molecule has 0 unspecified atom stereocenters. The summed E-state index contributed by atoms with van der Waals surface area (Å²) < 4.78 is 13.3. The molecule has 1 heterocycles. The maximum atomic E-state index is 13.3. The summed E-state index contributed by atoms with van der Waals surface area (Å²) >= 11 is 5.63. The summed E-state index contributed by atoms with van der Waals surface area (Å²) in [5.41, 5.74) is 1.83. The van der Waals surface area contributed by atoms with Gasteiger partial charge in [-0.2, -0.15) is 0 Å². The van der Waals surface area contributed by atoms with E-state index in [-0.39, 0.29) is 16.9 Å². The first kappa shape index (κ1) is 13.0. The normalized spacial score (nSPS) is 12.4. The topological polar surface area (TPSA) is 24.9 Å². The molecule has 0 saturated carbocycles. The minimum absolute atomic E-state index is 0.116. The Morgan fingerprint density at radius 1 is 1.33 bits per heavy atom. The fourth-order valence-electron chi connectivity index (χ4n) is 1.66. The molecule has 0 fully saturated rings. The highest BCUT2D eigenvalue weighted by molar-refractivity contribution is 6.30. The molecule has 0 aliphatic carbocycles. The average Bonchev–Trinajstić information content (AvgIpc) is 2.41. The molecule has 0 aliphatic rings. The Hall–Kier alpha value is -1.45. The van der Waals surface area contributed by atoms with Gasteiger partial charge in [-0.05, 0) is 36.8 Å². The van der Waals surface area contributed by atoms with Crippen molar-refractivity contribution in [2.45, 2.75) is 19.5 Å². The van der Waals surface area contributed by atoms with Crippen molar-refractivity contribution in [1.82, 2.24) is 10.3 Å². The van der Waals surface area contributed by atoms with Crippen LogP contribution in [0.1, 0.15) is 24.2 Å². The second-order valence-electron chi connectivity index (χ2n) is 4.11. The zero-order valence-corrected chi connectivity index (χ0v) is 10.8. The molecule has 2 nitrogen and oxygen atoms in total. The molecule has 1 aromatic carbocycles. The van der Waals surface area contributed by atoms with Gasteiger partial charge in [0.05, 0.1) is 10.7 Å². The molecule has 18 heavy (non-hydrogen) atoms. The van der Waals surface area contributed by atoms with E-state index in [2.05, 4.69) is 10.3 Å². The fraction of sp³-hybridized carbons (Fsp3) is 0.214. The van der Waals surface area contributed by atoms with Crippen molar-refractivity contribution in [1.29, 1.82) is 0 Å². The van der Waals surface area contributed by atoms with E-state index in [1.54, 1.807) is 12.3 Å². The average molecular weight is 265 g/mol. The minimum atomic E-state index is -0.388. The van der Waals surface area contributed by atoms with Gasteiger partial charge in [-0.1, -0.05) is 23.7 Å². The molecule has 1 aromatic heterocycles. The van der Waals surface area contributed by atoms with Crippen molar-refractivity contribution in [3.63, 3.8) is 0 Å². The Labute approximate surface area is 111 Å². The minimum Gasteiger partial charge on any atom is -0.305 e. The molecule has 94 valence electrons. The Kier molecular flexibility index (Phi) is 4.28. The Morgan fingerprint density at radius 3 is 2.83 bits per heavy atom. The third kappa shape index (κ3) is 3.28. The number of benzene rings is 1. The van der Waals surface area contributed by atoms with Crippen molar-refractivity contribution in [2.24, 2.45) is 0 Å². The maximum Gasteiger partial charge on any atom is 0.142 e. The van der Waals surface area contributed by atoms with Gasteiger partial charge in [-0.3, -0.25) is 4.98 Å². The number of aromatic nitrogens is 1. The summed E-state index contributed by atoms with van der Waals surface area (Å²) in [4.78, 5) is 4.26. The lowest BCUT2D eigenvalue weighted by Crippen LogP contribution is -2.19. The van der Waals surface area contributed by atoms with E-state index in [1.165, 1.54) is 6.07 Å².